The first-order valence-corrected chi connectivity index (χ1v) is 11.6. The van der Waals surface area contributed by atoms with E-state index in [4.69, 9.17) is 16.3 Å². The van der Waals surface area contributed by atoms with Crippen molar-refractivity contribution in [3.8, 4) is 11.8 Å². The Labute approximate surface area is 209 Å². The van der Waals surface area contributed by atoms with E-state index in [1.807, 2.05) is 20.8 Å². The van der Waals surface area contributed by atoms with Gasteiger partial charge in [0.2, 0.25) is 5.91 Å². The lowest BCUT2D eigenvalue weighted by atomic mass is 9.65. The van der Waals surface area contributed by atoms with Crippen molar-refractivity contribution in [1.29, 1.82) is 5.26 Å². The number of anilines is 1. The van der Waals surface area contributed by atoms with E-state index in [-0.39, 0.29) is 33.0 Å². The summed E-state index contributed by atoms with van der Waals surface area (Å²) in [5.41, 5.74) is -1.06. The molecule has 1 aliphatic heterocycles. The van der Waals surface area contributed by atoms with Crippen molar-refractivity contribution in [3.63, 3.8) is 0 Å². The van der Waals surface area contributed by atoms with Crippen LogP contribution in [0.25, 0.3) is 0 Å². The molecule has 4 atom stereocenters. The van der Waals surface area contributed by atoms with Gasteiger partial charge in [-0.1, -0.05) is 45.4 Å². The van der Waals surface area contributed by atoms with Crippen LogP contribution in [0.4, 0.5) is 10.1 Å². The van der Waals surface area contributed by atoms with Crippen LogP contribution in [0.3, 0.4) is 0 Å². The van der Waals surface area contributed by atoms with Gasteiger partial charge in [0.15, 0.2) is 0 Å². The molecular formula is C26H29ClFN3O4. The van der Waals surface area contributed by atoms with Gasteiger partial charge in [0, 0.05) is 22.5 Å². The lowest BCUT2D eigenvalue weighted by Gasteiger charge is -2.36. The standard InChI is InChI=1S/C26H29ClFN3O4/c1-14-22(23(32)30-19-9-6-15(24(33)34)10-20(19)35-5)31-21(12-25(2,3)4)26(14,13-29)17-8-7-16(27)11-18(17)28/h6-11,14,21-22,31H,12H2,1-5H3,(H,30,32)(H,33,34)/t14-,21-,22+,26-/m0/s1. The number of rotatable bonds is 6. The second kappa shape index (κ2) is 9.84. The second-order valence-electron chi connectivity index (χ2n) is 10.1. The molecule has 35 heavy (non-hydrogen) atoms. The molecule has 3 rings (SSSR count). The third kappa shape index (κ3) is 5.12. The zero-order valence-corrected chi connectivity index (χ0v) is 21.0. The normalized spacial score (nSPS) is 24.0. The Morgan fingerprint density at radius 3 is 2.51 bits per heavy atom. The Kier molecular flexibility index (Phi) is 7.44. The fourth-order valence-corrected chi connectivity index (χ4v) is 5.00. The molecule has 2 aromatic carbocycles. The van der Waals surface area contributed by atoms with Crippen LogP contribution in [-0.2, 0) is 10.2 Å². The van der Waals surface area contributed by atoms with Crippen molar-refractivity contribution in [2.45, 2.75) is 51.6 Å². The van der Waals surface area contributed by atoms with Crippen LogP contribution in [0.5, 0.6) is 5.75 Å². The Balaban J connectivity index is 2.02. The number of nitrogens with zero attached hydrogens (tertiary/aromatic N) is 1. The SMILES string of the molecule is COc1cc(C(=O)O)ccc1NC(=O)[C@@H]1N[C@@H](CC(C)(C)C)[C@](C#N)(c2ccc(Cl)cc2F)[C@H]1C. The first-order valence-electron chi connectivity index (χ1n) is 11.2. The number of carbonyl (C=O) groups is 2. The number of aromatic carboxylic acids is 1. The number of carboxylic acid groups (broad SMARTS) is 1. The summed E-state index contributed by atoms with van der Waals surface area (Å²) in [5, 5.41) is 26.0. The monoisotopic (exact) mass is 501 g/mol. The topological polar surface area (TPSA) is 111 Å². The van der Waals surface area contributed by atoms with E-state index in [1.165, 1.54) is 37.4 Å². The highest BCUT2D eigenvalue weighted by atomic mass is 35.5. The average Bonchev–Trinajstić information content (AvgIpc) is 3.04. The van der Waals surface area contributed by atoms with Gasteiger partial charge >= 0.3 is 5.97 Å². The van der Waals surface area contributed by atoms with E-state index in [9.17, 15) is 20.0 Å². The van der Waals surface area contributed by atoms with E-state index in [0.717, 1.165) is 0 Å². The summed E-state index contributed by atoms with van der Waals surface area (Å²) in [7, 11) is 1.37. The molecule has 3 N–H and O–H groups in total. The lowest BCUT2D eigenvalue weighted by molar-refractivity contribution is -0.118. The van der Waals surface area contributed by atoms with E-state index in [2.05, 4.69) is 16.7 Å². The van der Waals surface area contributed by atoms with Crippen LogP contribution >= 0.6 is 11.6 Å². The maximum absolute atomic E-state index is 15.2. The molecule has 9 heteroatoms. The van der Waals surface area contributed by atoms with Gasteiger partial charge in [-0.2, -0.15) is 5.26 Å². The Hall–Kier alpha value is -3.15. The van der Waals surface area contributed by atoms with Crippen LogP contribution in [0.1, 0.15) is 50.0 Å². The van der Waals surface area contributed by atoms with Gasteiger partial charge in [-0.3, -0.25) is 4.79 Å². The lowest BCUT2D eigenvalue weighted by Crippen LogP contribution is -2.44. The molecule has 1 heterocycles. The molecule has 1 aliphatic rings. The molecule has 0 saturated carbocycles. The molecule has 1 saturated heterocycles. The highest BCUT2D eigenvalue weighted by Crippen LogP contribution is 2.47. The fraction of sp³-hybridized carbons (Fsp3) is 0.423. The van der Waals surface area contributed by atoms with Gasteiger partial charge < -0.3 is 20.5 Å². The summed E-state index contributed by atoms with van der Waals surface area (Å²) in [5.74, 6) is -2.59. The molecule has 0 aromatic heterocycles. The highest BCUT2D eigenvalue weighted by molar-refractivity contribution is 6.30. The molecule has 0 bridgehead atoms. The van der Waals surface area contributed by atoms with Crippen LogP contribution < -0.4 is 15.4 Å². The molecule has 1 fully saturated rings. The maximum atomic E-state index is 15.2. The first kappa shape index (κ1) is 26.5. The van der Waals surface area contributed by atoms with E-state index in [1.54, 1.807) is 13.0 Å². The van der Waals surface area contributed by atoms with Gasteiger partial charge in [0.1, 0.15) is 17.0 Å². The smallest absolute Gasteiger partial charge is 0.335 e. The zero-order chi connectivity index (χ0) is 26.1. The molecule has 0 unspecified atom stereocenters. The van der Waals surface area contributed by atoms with Gasteiger partial charge in [0.05, 0.1) is 30.5 Å². The summed E-state index contributed by atoms with van der Waals surface area (Å²) < 4.78 is 20.4. The minimum Gasteiger partial charge on any atom is -0.495 e. The third-order valence-corrected chi connectivity index (χ3v) is 6.75. The Bertz CT molecular complexity index is 1190. The van der Waals surface area contributed by atoms with Crippen molar-refractivity contribution >= 4 is 29.2 Å². The quantitative estimate of drug-likeness (QED) is 0.513. The van der Waals surface area contributed by atoms with Crippen LogP contribution in [-0.4, -0.2) is 36.2 Å². The summed E-state index contributed by atoms with van der Waals surface area (Å²) in [4.78, 5) is 24.7. The zero-order valence-electron chi connectivity index (χ0n) is 20.3. The van der Waals surface area contributed by atoms with Crippen molar-refractivity contribution in [2.75, 3.05) is 12.4 Å². The molecule has 186 valence electrons. The number of halogens is 2. The number of ether oxygens (including phenoxy) is 1. The molecule has 2 aromatic rings. The van der Waals surface area contributed by atoms with Gasteiger partial charge in [-0.15, -0.1) is 0 Å². The largest absolute Gasteiger partial charge is 0.495 e. The Morgan fingerprint density at radius 2 is 1.97 bits per heavy atom. The number of carbonyl (C=O) groups excluding carboxylic acids is 1. The molecule has 0 aliphatic carbocycles. The molecule has 1 amide bonds. The summed E-state index contributed by atoms with van der Waals surface area (Å²) in [6, 6.07) is 9.36. The number of hydrogen-bond acceptors (Lipinski definition) is 5. The number of methoxy groups -OCH3 is 1. The van der Waals surface area contributed by atoms with Crippen molar-refractivity contribution in [3.05, 3.63) is 58.4 Å². The number of benzene rings is 2. The summed E-state index contributed by atoms with van der Waals surface area (Å²) in [6.45, 7) is 7.80. The average molecular weight is 502 g/mol. The van der Waals surface area contributed by atoms with E-state index < -0.39 is 41.1 Å². The van der Waals surface area contributed by atoms with Gasteiger partial charge in [-0.25, -0.2) is 9.18 Å². The summed E-state index contributed by atoms with van der Waals surface area (Å²) >= 11 is 5.97. The highest BCUT2D eigenvalue weighted by Gasteiger charge is 2.58. The van der Waals surface area contributed by atoms with Crippen molar-refractivity contribution < 1.29 is 23.8 Å². The first-order chi connectivity index (χ1) is 16.3. The third-order valence-electron chi connectivity index (χ3n) is 6.52. The second-order valence-corrected chi connectivity index (χ2v) is 10.5. The van der Waals surface area contributed by atoms with E-state index in [0.29, 0.717) is 6.42 Å². The summed E-state index contributed by atoms with van der Waals surface area (Å²) in [6.07, 6.45) is 0.507. The van der Waals surface area contributed by atoms with Crippen LogP contribution in [0.15, 0.2) is 36.4 Å². The Morgan fingerprint density at radius 1 is 1.29 bits per heavy atom. The van der Waals surface area contributed by atoms with E-state index >= 15 is 4.39 Å². The van der Waals surface area contributed by atoms with Crippen LogP contribution in [0, 0.1) is 28.5 Å². The van der Waals surface area contributed by atoms with Gasteiger partial charge in [-0.05, 0) is 42.2 Å². The predicted molar refractivity (Wildman–Crippen MR) is 131 cm³/mol. The number of nitriles is 1. The molecule has 0 spiro atoms. The van der Waals surface area contributed by atoms with Gasteiger partial charge in [0.25, 0.3) is 0 Å². The number of hydrogen-bond donors (Lipinski definition) is 3. The van der Waals surface area contributed by atoms with Crippen LogP contribution in [0.2, 0.25) is 5.02 Å². The number of amides is 1. The maximum Gasteiger partial charge on any atom is 0.335 e. The molecular weight excluding hydrogens is 473 g/mol. The predicted octanol–water partition coefficient (Wildman–Crippen LogP) is 5.00. The minimum absolute atomic E-state index is 0.0131. The van der Waals surface area contributed by atoms with Crippen molar-refractivity contribution in [2.24, 2.45) is 11.3 Å². The molecule has 0 radical (unpaired) electrons. The van der Waals surface area contributed by atoms with Crippen molar-refractivity contribution in [1.82, 2.24) is 5.32 Å². The fourth-order valence-electron chi connectivity index (χ4n) is 4.84. The molecule has 7 nitrogen and oxygen atoms in total. The number of nitrogens with one attached hydrogen (secondary N) is 2. The minimum atomic E-state index is -1.33. The number of carboxylic acids is 1.